The van der Waals surface area contributed by atoms with E-state index >= 15 is 0 Å². The molecule has 0 saturated carbocycles. The van der Waals surface area contributed by atoms with Gasteiger partial charge in [0, 0.05) is 6.07 Å². The molecule has 6 heteroatoms. The molecule has 0 aliphatic heterocycles. The molecule has 0 spiro atoms. The molecule has 0 atom stereocenters. The highest BCUT2D eigenvalue weighted by Crippen LogP contribution is 2.28. The highest BCUT2D eigenvalue weighted by Gasteiger charge is 2.35. The first-order chi connectivity index (χ1) is 5.04. The second-order valence-electron chi connectivity index (χ2n) is 1.73. The summed E-state index contributed by atoms with van der Waals surface area (Å²) in [4.78, 5) is 9.86. The number of carbonyl (C=O) groups excluding carboxylic acids is 1. The summed E-state index contributed by atoms with van der Waals surface area (Å²) in [5, 5.41) is 2.84. The van der Waals surface area contributed by atoms with Crippen molar-refractivity contribution < 1.29 is 22.5 Å². The van der Waals surface area contributed by atoms with Crippen LogP contribution in [0, 0.1) is 0 Å². The Balaban J connectivity index is 2.98. The molecule has 0 saturated heterocycles. The second-order valence-corrected chi connectivity index (χ2v) is 1.73. The van der Waals surface area contributed by atoms with Crippen LogP contribution in [0.15, 0.2) is 10.6 Å². The molecule has 1 heterocycles. The number of alkyl halides is 3. The lowest BCUT2D eigenvalue weighted by Gasteiger charge is -1.96. The van der Waals surface area contributed by atoms with Crippen LogP contribution in [0.2, 0.25) is 0 Å². The van der Waals surface area contributed by atoms with E-state index in [-0.39, 0.29) is 12.0 Å². The average Bonchev–Trinajstić information content (AvgIpc) is 2.32. The minimum atomic E-state index is -4.58. The minimum Gasteiger partial charge on any atom is -0.351 e. The summed E-state index contributed by atoms with van der Waals surface area (Å²) < 4.78 is 38.9. The van der Waals surface area contributed by atoms with Gasteiger partial charge in [-0.1, -0.05) is 5.16 Å². The summed E-state index contributed by atoms with van der Waals surface area (Å²) in [6.07, 6.45) is -4.40. The number of rotatable bonds is 1. The normalized spacial score (nSPS) is 11.5. The molecule has 0 unspecified atom stereocenters. The zero-order valence-electron chi connectivity index (χ0n) is 5.05. The van der Waals surface area contributed by atoms with Crippen LogP contribution in [0.3, 0.4) is 0 Å². The fourth-order valence-electron chi connectivity index (χ4n) is 0.478. The molecule has 3 nitrogen and oxygen atoms in total. The third-order valence-electron chi connectivity index (χ3n) is 0.929. The van der Waals surface area contributed by atoms with E-state index in [9.17, 15) is 18.0 Å². The van der Waals surface area contributed by atoms with Crippen molar-refractivity contribution in [3.63, 3.8) is 0 Å². The summed E-state index contributed by atoms with van der Waals surface area (Å²) in [6.45, 7) is 0. The predicted molar refractivity (Wildman–Crippen MR) is 26.9 cm³/mol. The van der Waals surface area contributed by atoms with Crippen molar-refractivity contribution in [1.29, 1.82) is 0 Å². The summed E-state index contributed by atoms with van der Waals surface area (Å²) in [5.41, 5.74) is -0.364. The van der Waals surface area contributed by atoms with Gasteiger partial charge in [0.25, 0.3) is 0 Å². The number of halogens is 3. The van der Waals surface area contributed by atoms with Crippen LogP contribution in [0.5, 0.6) is 0 Å². The maximum atomic E-state index is 11.7. The Morgan fingerprint density at radius 1 is 1.55 bits per heavy atom. The van der Waals surface area contributed by atoms with Crippen molar-refractivity contribution in [2.45, 2.75) is 6.18 Å². The lowest BCUT2D eigenvalue weighted by atomic mass is 10.4. The number of aromatic nitrogens is 1. The highest BCUT2D eigenvalue weighted by atomic mass is 19.4. The van der Waals surface area contributed by atoms with Crippen LogP contribution in [-0.4, -0.2) is 11.4 Å². The number of carbonyl (C=O) groups is 1. The molecule has 11 heavy (non-hydrogen) atoms. The van der Waals surface area contributed by atoms with E-state index in [4.69, 9.17) is 0 Å². The van der Waals surface area contributed by atoms with E-state index in [0.29, 0.717) is 6.07 Å². The van der Waals surface area contributed by atoms with Crippen LogP contribution in [0.25, 0.3) is 0 Å². The van der Waals surface area contributed by atoms with Crippen molar-refractivity contribution in [2.24, 2.45) is 0 Å². The zero-order chi connectivity index (χ0) is 8.48. The molecule has 0 aliphatic carbocycles. The van der Waals surface area contributed by atoms with Crippen molar-refractivity contribution in [2.75, 3.05) is 0 Å². The van der Waals surface area contributed by atoms with Gasteiger partial charge < -0.3 is 4.52 Å². The molecule has 1 aromatic rings. The standard InChI is InChI=1S/C5H2F3NO2/c6-5(7,8)4-1-3(2-10)9-11-4/h1-2H. The zero-order valence-corrected chi connectivity index (χ0v) is 5.05. The summed E-state index contributed by atoms with van der Waals surface area (Å²) >= 11 is 0. The molecule has 0 bridgehead atoms. The average molecular weight is 165 g/mol. The number of hydrogen-bond donors (Lipinski definition) is 0. The smallest absolute Gasteiger partial charge is 0.351 e. The van der Waals surface area contributed by atoms with Gasteiger partial charge in [-0.2, -0.15) is 13.2 Å². The molecule has 60 valence electrons. The first-order valence-electron chi connectivity index (χ1n) is 2.53. The second kappa shape index (κ2) is 2.37. The quantitative estimate of drug-likeness (QED) is 0.592. The maximum absolute atomic E-state index is 11.7. The molecule has 0 aliphatic rings. The van der Waals surface area contributed by atoms with E-state index in [0.717, 1.165) is 0 Å². The molecule has 1 aromatic heterocycles. The fourth-order valence-corrected chi connectivity index (χ4v) is 0.478. The van der Waals surface area contributed by atoms with Crippen molar-refractivity contribution in [1.82, 2.24) is 5.16 Å². The van der Waals surface area contributed by atoms with Gasteiger partial charge in [0.1, 0.15) is 5.69 Å². The Labute approximate surface area is 58.8 Å². The fraction of sp³-hybridized carbons (Fsp3) is 0.200. The molecular formula is C5H2F3NO2. The summed E-state index contributed by atoms with van der Waals surface area (Å²) in [6, 6.07) is 0.535. The third kappa shape index (κ3) is 1.57. The van der Waals surface area contributed by atoms with Gasteiger partial charge in [-0.15, -0.1) is 0 Å². The van der Waals surface area contributed by atoms with Gasteiger partial charge in [0.2, 0.25) is 5.76 Å². The summed E-state index contributed by atoms with van der Waals surface area (Å²) in [7, 11) is 0. The molecule has 0 radical (unpaired) electrons. The summed E-state index contributed by atoms with van der Waals surface area (Å²) in [5.74, 6) is -1.26. The highest BCUT2D eigenvalue weighted by molar-refractivity contribution is 5.71. The lowest BCUT2D eigenvalue weighted by Crippen LogP contribution is -2.02. The monoisotopic (exact) mass is 165 g/mol. The van der Waals surface area contributed by atoms with E-state index in [1.165, 1.54) is 0 Å². The maximum Gasteiger partial charge on any atom is 0.452 e. The first-order valence-corrected chi connectivity index (χ1v) is 2.53. The van der Waals surface area contributed by atoms with E-state index in [1.807, 2.05) is 0 Å². The Morgan fingerprint density at radius 3 is 2.45 bits per heavy atom. The Hall–Kier alpha value is -1.33. The van der Waals surface area contributed by atoms with Crippen molar-refractivity contribution in [3.8, 4) is 0 Å². The number of aldehydes is 1. The van der Waals surface area contributed by atoms with Crippen LogP contribution < -0.4 is 0 Å². The number of hydrogen-bond acceptors (Lipinski definition) is 3. The molecule has 0 amide bonds. The SMILES string of the molecule is O=Cc1cc(C(F)(F)F)on1. The van der Waals surface area contributed by atoms with Crippen LogP contribution in [0.4, 0.5) is 13.2 Å². The Bertz CT molecular complexity index is 265. The van der Waals surface area contributed by atoms with Crippen LogP contribution in [0.1, 0.15) is 16.2 Å². The van der Waals surface area contributed by atoms with Crippen LogP contribution in [-0.2, 0) is 6.18 Å². The Kier molecular flexibility index (Phi) is 1.67. The van der Waals surface area contributed by atoms with Gasteiger partial charge >= 0.3 is 6.18 Å². The van der Waals surface area contributed by atoms with E-state index in [1.54, 1.807) is 0 Å². The van der Waals surface area contributed by atoms with E-state index < -0.39 is 11.9 Å². The van der Waals surface area contributed by atoms with Gasteiger partial charge in [-0.3, -0.25) is 4.79 Å². The molecule has 1 rings (SSSR count). The third-order valence-corrected chi connectivity index (χ3v) is 0.929. The van der Waals surface area contributed by atoms with Gasteiger partial charge in [-0.25, -0.2) is 0 Å². The van der Waals surface area contributed by atoms with Gasteiger partial charge in [0.05, 0.1) is 0 Å². The molecule has 0 fully saturated rings. The molecule has 0 aromatic carbocycles. The largest absolute Gasteiger partial charge is 0.452 e. The van der Waals surface area contributed by atoms with Crippen molar-refractivity contribution >= 4 is 6.29 Å². The first kappa shape index (κ1) is 7.77. The topological polar surface area (TPSA) is 43.1 Å². The van der Waals surface area contributed by atoms with Crippen molar-refractivity contribution in [3.05, 3.63) is 17.5 Å². The Morgan fingerprint density at radius 2 is 2.18 bits per heavy atom. The molecule has 0 N–H and O–H groups in total. The van der Waals surface area contributed by atoms with Crippen LogP contribution >= 0.6 is 0 Å². The predicted octanol–water partition coefficient (Wildman–Crippen LogP) is 1.51. The lowest BCUT2D eigenvalue weighted by molar-refractivity contribution is -0.155. The van der Waals surface area contributed by atoms with Gasteiger partial charge in [-0.05, 0) is 0 Å². The number of nitrogens with zero attached hydrogens (tertiary/aromatic N) is 1. The van der Waals surface area contributed by atoms with E-state index in [2.05, 4.69) is 9.68 Å². The van der Waals surface area contributed by atoms with Gasteiger partial charge in [0.15, 0.2) is 6.29 Å². The molecular weight excluding hydrogens is 163 g/mol. The minimum absolute atomic E-state index is 0.179.